The molecule has 1 unspecified atom stereocenters. The largest absolute Gasteiger partial charge is 0.496 e. The highest BCUT2D eigenvalue weighted by atomic mass is 16.5. The first kappa shape index (κ1) is 15.9. The van der Waals surface area contributed by atoms with Gasteiger partial charge >= 0.3 is 0 Å². The number of nitrogens with zero attached hydrogens (tertiary/aromatic N) is 2. The average Bonchev–Trinajstić information content (AvgIpc) is 3.21. The lowest BCUT2D eigenvalue weighted by molar-refractivity contribution is 0.0911. The van der Waals surface area contributed by atoms with Gasteiger partial charge in [-0.15, -0.1) is 0 Å². The molecule has 1 amide bonds. The number of hydrogen-bond donors (Lipinski definition) is 1. The number of benzene rings is 1. The van der Waals surface area contributed by atoms with Crippen LogP contribution < -0.4 is 10.1 Å². The molecule has 24 heavy (non-hydrogen) atoms. The van der Waals surface area contributed by atoms with E-state index in [1.54, 1.807) is 32.4 Å². The maximum Gasteiger partial charge on any atom is 0.287 e. The van der Waals surface area contributed by atoms with Crippen LogP contribution in [-0.4, -0.2) is 22.6 Å². The first-order valence-electron chi connectivity index (χ1n) is 7.57. The fourth-order valence-electron chi connectivity index (χ4n) is 2.60. The second kappa shape index (κ2) is 6.62. The summed E-state index contributed by atoms with van der Waals surface area (Å²) < 4.78 is 12.7. The summed E-state index contributed by atoms with van der Waals surface area (Å²) >= 11 is 0. The molecule has 0 saturated carbocycles. The lowest BCUT2D eigenvalue weighted by Crippen LogP contribution is -2.31. The molecule has 2 aromatic heterocycles. The van der Waals surface area contributed by atoms with Crippen LogP contribution in [0.1, 0.15) is 33.7 Å². The Bertz CT molecular complexity index is 851. The number of aryl methyl sites for hydroxylation is 2. The summed E-state index contributed by atoms with van der Waals surface area (Å²) in [6.45, 7) is 1.80. The molecule has 0 aliphatic rings. The van der Waals surface area contributed by atoms with Crippen LogP contribution in [0, 0.1) is 6.92 Å². The predicted molar refractivity (Wildman–Crippen MR) is 89.0 cm³/mol. The Morgan fingerprint density at radius 3 is 2.71 bits per heavy atom. The number of amides is 1. The van der Waals surface area contributed by atoms with Gasteiger partial charge in [-0.05, 0) is 25.1 Å². The van der Waals surface area contributed by atoms with Gasteiger partial charge in [0.25, 0.3) is 5.91 Å². The molecule has 3 rings (SSSR count). The number of hydrogen-bond acceptors (Lipinski definition) is 4. The maximum absolute atomic E-state index is 12.6. The molecule has 0 spiro atoms. The zero-order valence-corrected chi connectivity index (χ0v) is 13.8. The molecule has 6 nitrogen and oxygen atoms in total. The van der Waals surface area contributed by atoms with Gasteiger partial charge in [-0.1, -0.05) is 18.2 Å². The van der Waals surface area contributed by atoms with Crippen molar-refractivity contribution >= 4 is 5.91 Å². The molecular weight excluding hydrogens is 306 g/mol. The minimum Gasteiger partial charge on any atom is -0.496 e. The Morgan fingerprint density at radius 1 is 1.29 bits per heavy atom. The molecule has 0 aliphatic heterocycles. The van der Waals surface area contributed by atoms with E-state index < -0.39 is 6.04 Å². The Labute approximate surface area is 140 Å². The first-order chi connectivity index (χ1) is 11.6. The molecule has 1 atom stereocenters. The minimum absolute atomic E-state index is 0.265. The Hall–Kier alpha value is -3.02. The number of aromatic nitrogens is 2. The molecule has 0 fully saturated rings. The number of nitrogens with one attached hydrogen (secondary N) is 1. The van der Waals surface area contributed by atoms with Crippen molar-refractivity contribution in [3.8, 4) is 5.75 Å². The number of methoxy groups -OCH3 is 1. The standard InChI is InChI=1S/C18H19N3O3/c1-12-8-9-15(24-12)18(22)20-16(17-19-10-11-21(17)2)13-6-4-5-7-14(13)23-3/h4-11,16H,1-3H3,(H,20,22). The summed E-state index contributed by atoms with van der Waals surface area (Å²) in [5.74, 6) is 2.03. The highest BCUT2D eigenvalue weighted by molar-refractivity contribution is 5.92. The summed E-state index contributed by atoms with van der Waals surface area (Å²) in [5.41, 5.74) is 0.825. The SMILES string of the molecule is COc1ccccc1C(NC(=O)c1ccc(C)o1)c1nccn1C. The lowest BCUT2D eigenvalue weighted by atomic mass is 10.0. The van der Waals surface area contributed by atoms with E-state index in [4.69, 9.17) is 9.15 Å². The van der Waals surface area contributed by atoms with Crippen molar-refractivity contribution in [3.05, 3.63) is 71.7 Å². The number of rotatable bonds is 5. The van der Waals surface area contributed by atoms with Gasteiger partial charge in [0.1, 0.15) is 23.4 Å². The van der Waals surface area contributed by atoms with Crippen molar-refractivity contribution in [3.63, 3.8) is 0 Å². The van der Waals surface area contributed by atoms with Crippen molar-refractivity contribution in [2.45, 2.75) is 13.0 Å². The van der Waals surface area contributed by atoms with Crippen LogP contribution in [0.25, 0.3) is 0 Å². The summed E-state index contributed by atoms with van der Waals surface area (Å²) in [6.07, 6.45) is 3.53. The summed E-state index contributed by atoms with van der Waals surface area (Å²) in [5, 5.41) is 2.98. The zero-order valence-electron chi connectivity index (χ0n) is 13.8. The maximum atomic E-state index is 12.6. The molecule has 1 N–H and O–H groups in total. The zero-order chi connectivity index (χ0) is 17.1. The molecule has 0 aliphatic carbocycles. The average molecular weight is 325 g/mol. The van der Waals surface area contributed by atoms with Gasteiger partial charge in [-0.2, -0.15) is 0 Å². The van der Waals surface area contributed by atoms with E-state index in [9.17, 15) is 4.79 Å². The quantitative estimate of drug-likeness (QED) is 0.783. The normalized spacial score (nSPS) is 12.0. The van der Waals surface area contributed by atoms with E-state index >= 15 is 0 Å². The van der Waals surface area contributed by atoms with Gasteiger partial charge in [0, 0.05) is 25.0 Å². The summed E-state index contributed by atoms with van der Waals surface area (Å²) in [6, 6.07) is 10.5. The van der Waals surface area contributed by atoms with E-state index in [2.05, 4.69) is 10.3 Å². The number of para-hydroxylation sites is 1. The van der Waals surface area contributed by atoms with E-state index in [0.29, 0.717) is 17.3 Å². The first-order valence-corrected chi connectivity index (χ1v) is 7.57. The fraction of sp³-hybridized carbons (Fsp3) is 0.222. The van der Waals surface area contributed by atoms with Crippen molar-refractivity contribution < 1.29 is 13.9 Å². The third-order valence-corrected chi connectivity index (χ3v) is 3.81. The second-order valence-electron chi connectivity index (χ2n) is 5.46. The molecule has 0 saturated heterocycles. The van der Waals surface area contributed by atoms with Crippen LogP contribution in [0.3, 0.4) is 0 Å². The van der Waals surface area contributed by atoms with E-state index in [1.807, 2.05) is 42.1 Å². The van der Waals surface area contributed by atoms with Crippen LogP contribution in [0.2, 0.25) is 0 Å². The van der Waals surface area contributed by atoms with Crippen LogP contribution in [0.4, 0.5) is 0 Å². The van der Waals surface area contributed by atoms with Gasteiger partial charge in [-0.3, -0.25) is 4.79 Å². The van der Waals surface area contributed by atoms with Crippen LogP contribution in [0.5, 0.6) is 5.75 Å². The number of imidazole rings is 1. The smallest absolute Gasteiger partial charge is 0.287 e. The van der Waals surface area contributed by atoms with Crippen molar-refractivity contribution in [1.82, 2.24) is 14.9 Å². The second-order valence-corrected chi connectivity index (χ2v) is 5.46. The molecule has 0 bridgehead atoms. The third-order valence-electron chi connectivity index (χ3n) is 3.81. The lowest BCUT2D eigenvalue weighted by Gasteiger charge is -2.20. The fourth-order valence-corrected chi connectivity index (χ4v) is 2.60. The van der Waals surface area contributed by atoms with Crippen LogP contribution in [-0.2, 0) is 7.05 Å². The van der Waals surface area contributed by atoms with Gasteiger partial charge in [-0.25, -0.2) is 4.98 Å². The highest BCUT2D eigenvalue weighted by Gasteiger charge is 2.25. The molecular formula is C18H19N3O3. The minimum atomic E-state index is -0.459. The monoisotopic (exact) mass is 325 g/mol. The van der Waals surface area contributed by atoms with Crippen LogP contribution >= 0.6 is 0 Å². The van der Waals surface area contributed by atoms with Crippen molar-refractivity contribution in [2.75, 3.05) is 7.11 Å². The van der Waals surface area contributed by atoms with E-state index in [1.165, 1.54) is 0 Å². The molecule has 0 radical (unpaired) electrons. The van der Waals surface area contributed by atoms with Crippen molar-refractivity contribution in [2.24, 2.45) is 7.05 Å². The molecule has 3 aromatic rings. The number of furan rings is 1. The molecule has 1 aromatic carbocycles. The molecule has 2 heterocycles. The summed E-state index contributed by atoms with van der Waals surface area (Å²) in [4.78, 5) is 16.9. The Morgan fingerprint density at radius 2 is 2.08 bits per heavy atom. The third kappa shape index (κ3) is 3.03. The highest BCUT2D eigenvalue weighted by Crippen LogP contribution is 2.29. The molecule has 6 heteroatoms. The number of ether oxygens (including phenoxy) is 1. The number of carbonyl (C=O) groups excluding carboxylic acids is 1. The van der Waals surface area contributed by atoms with Gasteiger partial charge in [0.15, 0.2) is 5.76 Å². The Kier molecular flexibility index (Phi) is 4.37. The van der Waals surface area contributed by atoms with Gasteiger partial charge < -0.3 is 19.0 Å². The predicted octanol–water partition coefficient (Wildman–Crippen LogP) is 2.85. The van der Waals surface area contributed by atoms with E-state index in [-0.39, 0.29) is 11.7 Å². The van der Waals surface area contributed by atoms with Gasteiger partial charge in [0.05, 0.1) is 7.11 Å². The van der Waals surface area contributed by atoms with Gasteiger partial charge in [0.2, 0.25) is 0 Å². The van der Waals surface area contributed by atoms with Crippen molar-refractivity contribution in [1.29, 1.82) is 0 Å². The topological polar surface area (TPSA) is 69.3 Å². The summed E-state index contributed by atoms with van der Waals surface area (Å²) in [7, 11) is 3.49. The molecule has 124 valence electrons. The Balaban J connectivity index is 2.00. The van der Waals surface area contributed by atoms with Crippen LogP contribution in [0.15, 0.2) is 53.2 Å². The number of carbonyl (C=O) groups is 1. The van der Waals surface area contributed by atoms with E-state index in [0.717, 1.165) is 5.56 Å².